The molecule has 0 aliphatic heterocycles. The monoisotopic (exact) mass is 324 g/mol. The molecule has 2 rings (SSSR count). The van der Waals surface area contributed by atoms with Crippen LogP contribution in [-0.2, 0) is 16.6 Å². The first-order valence-corrected chi connectivity index (χ1v) is 8.48. The van der Waals surface area contributed by atoms with Crippen molar-refractivity contribution in [2.24, 2.45) is 0 Å². The lowest BCUT2D eigenvalue weighted by Crippen LogP contribution is -2.24. The number of nitrogens with zero attached hydrogens (tertiary/aromatic N) is 1. The molecule has 0 aliphatic rings. The number of nitrogens with one attached hydrogen (secondary N) is 1. The maximum atomic E-state index is 12.3. The number of hydrogen-bond donors (Lipinski definition) is 1. The number of rotatable bonds is 6. The molecular weight excluding hydrogens is 304 g/mol. The lowest BCUT2D eigenvalue weighted by Gasteiger charge is -2.10. The van der Waals surface area contributed by atoms with Crippen molar-refractivity contribution in [2.45, 2.75) is 39.1 Å². The molecule has 0 saturated heterocycles. The van der Waals surface area contributed by atoms with Crippen molar-refractivity contribution in [1.29, 1.82) is 0 Å². The molecule has 0 spiro atoms. The molecule has 0 unspecified atom stereocenters. The first kappa shape index (κ1) is 16.5. The molecule has 0 radical (unpaired) electrons. The summed E-state index contributed by atoms with van der Waals surface area (Å²) in [7, 11) is -3.65. The number of aromatic nitrogens is 1. The highest BCUT2D eigenvalue weighted by Gasteiger charge is 2.23. The summed E-state index contributed by atoms with van der Waals surface area (Å²) in [6.07, 6.45) is 0. The number of sulfonamides is 1. The number of hydrogen-bond acceptors (Lipinski definition) is 5. The van der Waals surface area contributed by atoms with E-state index in [0.717, 1.165) is 16.9 Å². The Kier molecular flexibility index (Phi) is 4.87. The number of ether oxygens (including phenoxy) is 1. The Balaban J connectivity index is 2.14. The number of benzene rings is 1. The summed E-state index contributed by atoms with van der Waals surface area (Å²) in [5, 5.41) is 3.67. The fourth-order valence-corrected chi connectivity index (χ4v) is 3.59. The normalized spacial score (nSPS) is 11.6. The van der Waals surface area contributed by atoms with Crippen LogP contribution in [0, 0.1) is 20.8 Å². The second-order valence-electron chi connectivity index (χ2n) is 5.01. The molecular formula is C15H20N2O4S. The maximum Gasteiger partial charge on any atom is 0.246 e. The average molecular weight is 324 g/mol. The standard InChI is InChI=1S/C15H20N2O4S/c1-5-20-14-7-6-13(8-10(14)2)9-16-22(18,19)15-11(3)17-21-12(15)4/h6-8,16H,5,9H2,1-4H3. The summed E-state index contributed by atoms with van der Waals surface area (Å²) in [5.74, 6) is 1.09. The second-order valence-corrected chi connectivity index (χ2v) is 6.71. The molecule has 0 atom stereocenters. The van der Waals surface area contributed by atoms with Gasteiger partial charge in [0.2, 0.25) is 10.0 Å². The van der Waals surface area contributed by atoms with Crippen LogP contribution in [0.3, 0.4) is 0 Å². The van der Waals surface area contributed by atoms with Gasteiger partial charge in [0, 0.05) is 6.54 Å². The molecule has 1 heterocycles. The molecule has 0 fully saturated rings. The van der Waals surface area contributed by atoms with Crippen molar-refractivity contribution < 1.29 is 17.7 Å². The number of aryl methyl sites for hydroxylation is 3. The van der Waals surface area contributed by atoms with Crippen LogP contribution in [0.5, 0.6) is 5.75 Å². The smallest absolute Gasteiger partial charge is 0.246 e. The van der Waals surface area contributed by atoms with E-state index in [1.165, 1.54) is 0 Å². The van der Waals surface area contributed by atoms with Crippen molar-refractivity contribution in [1.82, 2.24) is 9.88 Å². The van der Waals surface area contributed by atoms with E-state index in [1.807, 2.05) is 32.0 Å². The summed E-state index contributed by atoms with van der Waals surface area (Å²) in [5.41, 5.74) is 2.18. The maximum absolute atomic E-state index is 12.3. The third-order valence-corrected chi connectivity index (χ3v) is 4.89. The second kappa shape index (κ2) is 6.50. The summed E-state index contributed by atoms with van der Waals surface area (Å²) >= 11 is 0. The van der Waals surface area contributed by atoms with Crippen molar-refractivity contribution in [3.63, 3.8) is 0 Å². The van der Waals surface area contributed by atoms with E-state index < -0.39 is 10.0 Å². The van der Waals surface area contributed by atoms with Gasteiger partial charge in [0.05, 0.1) is 6.61 Å². The van der Waals surface area contributed by atoms with Crippen LogP contribution in [0.2, 0.25) is 0 Å². The third kappa shape index (κ3) is 3.48. The molecule has 6 nitrogen and oxygen atoms in total. The van der Waals surface area contributed by atoms with Crippen LogP contribution in [0.25, 0.3) is 0 Å². The van der Waals surface area contributed by atoms with Crippen LogP contribution in [0.15, 0.2) is 27.6 Å². The minimum atomic E-state index is -3.65. The van der Waals surface area contributed by atoms with Gasteiger partial charge >= 0.3 is 0 Å². The zero-order chi connectivity index (χ0) is 16.3. The van der Waals surface area contributed by atoms with E-state index in [2.05, 4.69) is 9.88 Å². The predicted molar refractivity (Wildman–Crippen MR) is 82.4 cm³/mol. The Labute approximate surface area is 130 Å². The first-order chi connectivity index (χ1) is 10.3. The Morgan fingerprint density at radius 3 is 2.55 bits per heavy atom. The first-order valence-electron chi connectivity index (χ1n) is 7.00. The summed E-state index contributed by atoms with van der Waals surface area (Å²) in [4.78, 5) is 0.107. The molecule has 1 aromatic carbocycles. The van der Waals surface area contributed by atoms with Gasteiger partial charge in [0.15, 0.2) is 5.76 Å². The van der Waals surface area contributed by atoms with E-state index in [4.69, 9.17) is 9.26 Å². The summed E-state index contributed by atoms with van der Waals surface area (Å²) < 4.78 is 37.6. The lowest BCUT2D eigenvalue weighted by molar-refractivity contribution is 0.338. The van der Waals surface area contributed by atoms with E-state index in [1.54, 1.807) is 13.8 Å². The van der Waals surface area contributed by atoms with E-state index in [-0.39, 0.29) is 17.2 Å². The van der Waals surface area contributed by atoms with Gasteiger partial charge < -0.3 is 9.26 Å². The quantitative estimate of drug-likeness (QED) is 0.883. The van der Waals surface area contributed by atoms with Crippen molar-refractivity contribution in [3.05, 3.63) is 40.8 Å². The fourth-order valence-electron chi connectivity index (χ4n) is 2.25. The molecule has 22 heavy (non-hydrogen) atoms. The zero-order valence-corrected chi connectivity index (χ0v) is 14.0. The Hall–Kier alpha value is -1.86. The van der Waals surface area contributed by atoms with E-state index in [9.17, 15) is 8.42 Å². The molecule has 1 N–H and O–H groups in total. The van der Waals surface area contributed by atoms with Crippen molar-refractivity contribution in [2.75, 3.05) is 6.61 Å². The molecule has 1 aromatic heterocycles. The van der Waals surface area contributed by atoms with Gasteiger partial charge in [0.25, 0.3) is 0 Å². The Morgan fingerprint density at radius 2 is 2.00 bits per heavy atom. The highest BCUT2D eigenvalue weighted by Crippen LogP contribution is 2.21. The van der Waals surface area contributed by atoms with Gasteiger partial charge in [-0.05, 0) is 44.9 Å². The third-order valence-electron chi connectivity index (χ3n) is 3.24. The summed E-state index contributed by atoms with van der Waals surface area (Å²) in [6, 6.07) is 5.59. The Morgan fingerprint density at radius 1 is 1.27 bits per heavy atom. The van der Waals surface area contributed by atoms with Gasteiger partial charge in [-0.2, -0.15) is 0 Å². The minimum Gasteiger partial charge on any atom is -0.494 e. The minimum absolute atomic E-state index is 0.107. The molecule has 2 aromatic rings. The molecule has 120 valence electrons. The average Bonchev–Trinajstić information content (AvgIpc) is 2.79. The lowest BCUT2D eigenvalue weighted by atomic mass is 10.1. The van der Waals surface area contributed by atoms with Gasteiger partial charge in [-0.1, -0.05) is 17.3 Å². The largest absolute Gasteiger partial charge is 0.494 e. The molecule has 0 aliphatic carbocycles. The van der Waals surface area contributed by atoms with Crippen molar-refractivity contribution >= 4 is 10.0 Å². The predicted octanol–water partition coefficient (Wildman–Crippen LogP) is 2.48. The van der Waals surface area contributed by atoms with Gasteiger partial charge in [-0.15, -0.1) is 0 Å². The van der Waals surface area contributed by atoms with Gasteiger partial charge in [-0.3, -0.25) is 0 Å². The SMILES string of the molecule is CCOc1ccc(CNS(=O)(=O)c2c(C)noc2C)cc1C. The molecule has 0 bridgehead atoms. The van der Waals surface area contributed by atoms with Gasteiger partial charge in [-0.25, -0.2) is 13.1 Å². The van der Waals surface area contributed by atoms with E-state index >= 15 is 0 Å². The van der Waals surface area contributed by atoms with Gasteiger partial charge in [0.1, 0.15) is 16.3 Å². The van der Waals surface area contributed by atoms with Crippen molar-refractivity contribution in [3.8, 4) is 5.75 Å². The highest BCUT2D eigenvalue weighted by atomic mass is 32.2. The molecule has 0 saturated carbocycles. The topological polar surface area (TPSA) is 81.4 Å². The van der Waals surface area contributed by atoms with Crippen LogP contribution in [0.4, 0.5) is 0 Å². The Bertz CT molecular complexity index is 746. The molecule has 0 amide bonds. The van der Waals surface area contributed by atoms with Crippen LogP contribution in [0.1, 0.15) is 29.5 Å². The van der Waals surface area contributed by atoms with E-state index in [0.29, 0.717) is 12.3 Å². The fraction of sp³-hybridized carbons (Fsp3) is 0.400. The van der Waals surface area contributed by atoms with Crippen LogP contribution < -0.4 is 9.46 Å². The van der Waals surface area contributed by atoms with Crippen LogP contribution >= 0.6 is 0 Å². The summed E-state index contributed by atoms with van der Waals surface area (Å²) in [6.45, 7) is 7.82. The van der Waals surface area contributed by atoms with Crippen LogP contribution in [-0.4, -0.2) is 20.2 Å². The zero-order valence-electron chi connectivity index (χ0n) is 13.1. The molecule has 7 heteroatoms. The highest BCUT2D eigenvalue weighted by molar-refractivity contribution is 7.89.